The van der Waals surface area contributed by atoms with Crippen LogP contribution in [-0.2, 0) is 13.8 Å². The molecule has 1 aliphatic rings. The average Bonchev–Trinajstić information content (AvgIpc) is 2.45. The van der Waals surface area contributed by atoms with E-state index in [1.165, 1.54) is 6.07 Å². The van der Waals surface area contributed by atoms with E-state index < -0.39 is 25.7 Å². The van der Waals surface area contributed by atoms with Crippen LogP contribution in [0.15, 0.2) is 23.1 Å². The van der Waals surface area contributed by atoms with Crippen LogP contribution in [0.1, 0.15) is 23.2 Å². The Bertz CT molecular complexity index is 629. The maximum absolute atomic E-state index is 13.4. The summed E-state index contributed by atoms with van der Waals surface area (Å²) in [5.41, 5.74) is 0.0580. The molecule has 1 aromatic rings. The molecule has 1 aromatic carbocycles. The topological polar surface area (TPSA) is 72.5 Å². The third kappa shape index (κ3) is 4.39. The van der Waals surface area contributed by atoms with Gasteiger partial charge in [0, 0.05) is 36.0 Å². The summed E-state index contributed by atoms with van der Waals surface area (Å²) in [5, 5.41) is 2.71. The van der Waals surface area contributed by atoms with Crippen LogP contribution in [-0.4, -0.2) is 34.1 Å². The molecule has 0 bridgehead atoms. The Kier molecular flexibility index (Phi) is 5.18. The van der Waals surface area contributed by atoms with Gasteiger partial charge in [-0.25, -0.2) is 12.8 Å². The van der Waals surface area contributed by atoms with E-state index in [0.29, 0.717) is 25.7 Å². The van der Waals surface area contributed by atoms with Crippen LogP contribution in [0.5, 0.6) is 0 Å². The summed E-state index contributed by atoms with van der Waals surface area (Å²) in [6.07, 6.45) is 1.73. The fraction of sp³-hybridized carbons (Fsp3) is 0.462. The summed E-state index contributed by atoms with van der Waals surface area (Å²) in [5.74, 6) is -1.10. The van der Waals surface area contributed by atoms with Crippen LogP contribution in [0.25, 0.3) is 0 Å². The van der Waals surface area contributed by atoms with Crippen LogP contribution in [0.3, 0.4) is 0 Å². The van der Waals surface area contributed by atoms with Gasteiger partial charge in [0.25, 0.3) is 15.0 Å². The first-order valence-electron chi connectivity index (χ1n) is 6.48. The molecule has 1 N–H and O–H groups in total. The number of carbonyl (C=O) groups is 1. The van der Waals surface area contributed by atoms with Crippen molar-refractivity contribution in [1.29, 1.82) is 0 Å². The Morgan fingerprint density at radius 1 is 1.38 bits per heavy atom. The lowest BCUT2D eigenvalue weighted by Crippen LogP contribution is -2.32. The SMILES string of the molecule is O=C(NCC1CCOCC1)c1ccc(F)c(S(=O)(=O)Cl)c1. The summed E-state index contributed by atoms with van der Waals surface area (Å²) in [7, 11) is 0.902. The van der Waals surface area contributed by atoms with Crippen molar-refractivity contribution >= 4 is 25.6 Å². The first-order chi connectivity index (χ1) is 9.88. The van der Waals surface area contributed by atoms with Gasteiger partial charge < -0.3 is 10.1 Å². The highest BCUT2D eigenvalue weighted by molar-refractivity contribution is 8.13. The summed E-state index contributed by atoms with van der Waals surface area (Å²) in [6.45, 7) is 1.82. The fourth-order valence-corrected chi connectivity index (χ4v) is 3.04. The van der Waals surface area contributed by atoms with Gasteiger partial charge in [0.2, 0.25) is 0 Å². The molecule has 1 fully saturated rings. The monoisotopic (exact) mass is 335 g/mol. The first-order valence-corrected chi connectivity index (χ1v) is 8.79. The second kappa shape index (κ2) is 6.72. The molecule has 8 heteroatoms. The van der Waals surface area contributed by atoms with E-state index in [-0.39, 0.29) is 5.56 Å². The van der Waals surface area contributed by atoms with E-state index in [9.17, 15) is 17.6 Å². The fourth-order valence-electron chi connectivity index (χ4n) is 2.12. The number of halogens is 2. The van der Waals surface area contributed by atoms with E-state index >= 15 is 0 Å². The van der Waals surface area contributed by atoms with Gasteiger partial charge >= 0.3 is 0 Å². The van der Waals surface area contributed by atoms with E-state index in [1.54, 1.807) is 0 Å². The predicted octanol–water partition coefficient (Wildman–Crippen LogP) is 1.91. The molecule has 1 heterocycles. The minimum atomic E-state index is -4.22. The molecular weight excluding hydrogens is 321 g/mol. The molecule has 0 aromatic heterocycles. The average molecular weight is 336 g/mol. The number of carbonyl (C=O) groups excluding carboxylic acids is 1. The van der Waals surface area contributed by atoms with Crippen molar-refractivity contribution in [2.45, 2.75) is 17.7 Å². The minimum Gasteiger partial charge on any atom is -0.381 e. The Balaban J connectivity index is 2.05. The summed E-state index contributed by atoms with van der Waals surface area (Å²) in [4.78, 5) is 11.3. The Labute approximate surface area is 126 Å². The van der Waals surface area contributed by atoms with Crippen molar-refractivity contribution in [1.82, 2.24) is 5.32 Å². The van der Waals surface area contributed by atoms with E-state index in [0.717, 1.165) is 25.0 Å². The van der Waals surface area contributed by atoms with Gasteiger partial charge in [0.1, 0.15) is 10.7 Å². The second-order valence-electron chi connectivity index (χ2n) is 4.85. The quantitative estimate of drug-likeness (QED) is 0.853. The zero-order valence-corrected chi connectivity index (χ0v) is 12.7. The Hall–Kier alpha value is -1.18. The lowest BCUT2D eigenvalue weighted by Gasteiger charge is -2.22. The van der Waals surface area contributed by atoms with Crippen LogP contribution in [0.4, 0.5) is 4.39 Å². The highest BCUT2D eigenvalue weighted by Crippen LogP contribution is 2.20. The number of benzene rings is 1. The molecule has 1 amide bonds. The van der Waals surface area contributed by atoms with Crippen molar-refractivity contribution in [3.8, 4) is 0 Å². The van der Waals surface area contributed by atoms with E-state index in [4.69, 9.17) is 15.4 Å². The molecule has 0 radical (unpaired) electrons. The molecule has 5 nitrogen and oxygen atoms in total. The lowest BCUT2D eigenvalue weighted by molar-refractivity contribution is 0.0642. The number of hydrogen-bond donors (Lipinski definition) is 1. The molecule has 0 aliphatic carbocycles. The Morgan fingerprint density at radius 3 is 2.67 bits per heavy atom. The summed E-state index contributed by atoms with van der Waals surface area (Å²) < 4.78 is 41.0. The van der Waals surface area contributed by atoms with Crippen molar-refractivity contribution < 1.29 is 22.3 Å². The molecule has 0 atom stereocenters. The normalized spacial score (nSPS) is 16.7. The standard InChI is InChI=1S/C13H15ClFNO4S/c14-21(18,19)12-7-10(1-2-11(12)15)13(17)16-8-9-3-5-20-6-4-9/h1-2,7,9H,3-6,8H2,(H,16,17). The maximum Gasteiger partial charge on any atom is 0.264 e. The van der Waals surface area contributed by atoms with E-state index in [1.807, 2.05) is 0 Å². The summed E-state index contributed by atoms with van der Waals surface area (Å²) in [6, 6.07) is 3.08. The third-order valence-electron chi connectivity index (χ3n) is 3.35. The van der Waals surface area contributed by atoms with Gasteiger partial charge in [0.15, 0.2) is 0 Å². The highest BCUT2D eigenvalue weighted by Gasteiger charge is 2.20. The van der Waals surface area contributed by atoms with Crippen molar-refractivity contribution in [3.05, 3.63) is 29.6 Å². The molecule has 21 heavy (non-hydrogen) atoms. The van der Waals surface area contributed by atoms with Crippen LogP contribution in [0.2, 0.25) is 0 Å². The number of ether oxygens (including phenoxy) is 1. The predicted molar refractivity (Wildman–Crippen MR) is 75.3 cm³/mol. The molecule has 2 rings (SSSR count). The molecule has 1 saturated heterocycles. The molecular formula is C13H15ClFNO4S. The molecule has 0 saturated carbocycles. The number of amides is 1. The highest BCUT2D eigenvalue weighted by atomic mass is 35.7. The molecule has 0 spiro atoms. The zero-order valence-electron chi connectivity index (χ0n) is 11.1. The van der Waals surface area contributed by atoms with Crippen molar-refractivity contribution in [2.75, 3.05) is 19.8 Å². The molecule has 1 aliphatic heterocycles. The van der Waals surface area contributed by atoms with Crippen molar-refractivity contribution in [2.24, 2.45) is 5.92 Å². The zero-order chi connectivity index (χ0) is 15.5. The smallest absolute Gasteiger partial charge is 0.264 e. The molecule has 116 valence electrons. The number of rotatable bonds is 4. The maximum atomic E-state index is 13.4. The third-order valence-corrected chi connectivity index (χ3v) is 4.69. The molecule has 0 unspecified atom stereocenters. The number of hydrogen-bond acceptors (Lipinski definition) is 4. The summed E-state index contributed by atoms with van der Waals surface area (Å²) >= 11 is 0. The largest absolute Gasteiger partial charge is 0.381 e. The van der Waals surface area contributed by atoms with Crippen LogP contribution >= 0.6 is 10.7 Å². The van der Waals surface area contributed by atoms with Crippen LogP contribution < -0.4 is 5.32 Å². The lowest BCUT2D eigenvalue weighted by atomic mass is 10.0. The van der Waals surface area contributed by atoms with Gasteiger partial charge in [-0.1, -0.05) is 0 Å². The number of nitrogens with one attached hydrogen (secondary N) is 1. The van der Waals surface area contributed by atoms with Gasteiger partial charge in [-0.15, -0.1) is 0 Å². The minimum absolute atomic E-state index is 0.0580. The van der Waals surface area contributed by atoms with Gasteiger partial charge in [-0.3, -0.25) is 4.79 Å². The van der Waals surface area contributed by atoms with Crippen LogP contribution in [0, 0.1) is 11.7 Å². The first kappa shape index (κ1) is 16.2. The van der Waals surface area contributed by atoms with Gasteiger partial charge in [0.05, 0.1) is 0 Å². The van der Waals surface area contributed by atoms with Crippen molar-refractivity contribution in [3.63, 3.8) is 0 Å². The van der Waals surface area contributed by atoms with E-state index in [2.05, 4.69) is 5.32 Å². The Morgan fingerprint density at radius 2 is 2.05 bits per heavy atom. The van der Waals surface area contributed by atoms with Gasteiger partial charge in [-0.2, -0.15) is 0 Å². The van der Waals surface area contributed by atoms with Gasteiger partial charge in [-0.05, 0) is 37.0 Å². The second-order valence-corrected chi connectivity index (χ2v) is 7.38.